The third-order valence-corrected chi connectivity index (χ3v) is 5.33. The predicted octanol–water partition coefficient (Wildman–Crippen LogP) is 4.30. The fraction of sp³-hybridized carbons (Fsp3) is 0.667. The number of thiophene rings is 1. The number of aliphatic hydroxyl groups is 1. The van der Waals surface area contributed by atoms with Gasteiger partial charge in [0.15, 0.2) is 0 Å². The molecule has 0 radical (unpaired) electrons. The molecule has 1 heterocycles. The zero-order chi connectivity index (χ0) is 10.9. The van der Waals surface area contributed by atoms with Crippen molar-refractivity contribution in [3.05, 3.63) is 20.8 Å². The summed E-state index contributed by atoms with van der Waals surface area (Å²) < 4.78 is 1.07. The molecule has 0 spiro atoms. The molecule has 1 aliphatic rings. The Labute approximate surface area is 104 Å². The molecule has 0 aliphatic heterocycles. The lowest BCUT2D eigenvalue weighted by Gasteiger charge is -2.35. The molecule has 2 rings (SSSR count). The average molecular weight is 289 g/mol. The minimum atomic E-state index is -0.565. The fourth-order valence-corrected chi connectivity index (χ4v) is 4.20. The summed E-state index contributed by atoms with van der Waals surface area (Å²) in [5.74, 6) is 0.822. The number of rotatable bonds is 2. The first kappa shape index (κ1) is 11.6. The van der Waals surface area contributed by atoms with Gasteiger partial charge >= 0.3 is 0 Å². The molecule has 0 aromatic carbocycles. The molecule has 84 valence electrons. The summed E-state index contributed by atoms with van der Waals surface area (Å²) in [6.45, 7) is 2.25. The van der Waals surface area contributed by atoms with Gasteiger partial charge in [-0.1, -0.05) is 13.3 Å². The summed E-state index contributed by atoms with van der Waals surface area (Å²) in [7, 11) is 0. The first-order chi connectivity index (χ1) is 7.15. The highest BCUT2D eigenvalue weighted by Gasteiger charge is 2.35. The summed E-state index contributed by atoms with van der Waals surface area (Å²) in [6.07, 6.45) is 5.41. The summed E-state index contributed by atoms with van der Waals surface area (Å²) in [5.41, 5.74) is 0.534. The van der Waals surface area contributed by atoms with Crippen LogP contribution in [0.15, 0.2) is 15.2 Å². The van der Waals surface area contributed by atoms with Crippen molar-refractivity contribution in [3.8, 4) is 0 Å². The Kier molecular flexibility index (Phi) is 3.53. The van der Waals surface area contributed by atoms with Crippen molar-refractivity contribution in [2.75, 3.05) is 0 Å². The van der Waals surface area contributed by atoms with Gasteiger partial charge in [0.25, 0.3) is 0 Å². The third-order valence-electron chi connectivity index (χ3n) is 3.63. The molecule has 1 nitrogen and oxygen atoms in total. The second kappa shape index (κ2) is 4.56. The van der Waals surface area contributed by atoms with Crippen molar-refractivity contribution in [3.63, 3.8) is 0 Å². The SMILES string of the molecule is CCC1CCC(O)(c2cscc2Br)CC1. The van der Waals surface area contributed by atoms with Crippen molar-refractivity contribution in [1.82, 2.24) is 0 Å². The molecule has 1 N–H and O–H groups in total. The van der Waals surface area contributed by atoms with Crippen LogP contribution in [0.25, 0.3) is 0 Å². The smallest absolute Gasteiger partial charge is 0.0915 e. The molecule has 1 fully saturated rings. The van der Waals surface area contributed by atoms with E-state index in [9.17, 15) is 5.11 Å². The highest BCUT2D eigenvalue weighted by Crippen LogP contribution is 2.43. The molecule has 0 amide bonds. The Hall–Kier alpha value is 0.140. The van der Waals surface area contributed by atoms with Crippen LogP contribution in [-0.2, 0) is 5.60 Å². The molecule has 0 saturated heterocycles. The van der Waals surface area contributed by atoms with Crippen LogP contribution >= 0.6 is 27.3 Å². The fourth-order valence-electron chi connectivity index (χ4n) is 2.45. The van der Waals surface area contributed by atoms with Gasteiger partial charge in [0.2, 0.25) is 0 Å². The van der Waals surface area contributed by atoms with E-state index in [-0.39, 0.29) is 0 Å². The van der Waals surface area contributed by atoms with Crippen LogP contribution in [0, 0.1) is 5.92 Å². The van der Waals surface area contributed by atoms with Crippen LogP contribution in [-0.4, -0.2) is 5.11 Å². The van der Waals surface area contributed by atoms with Gasteiger partial charge in [0, 0.05) is 15.4 Å². The maximum atomic E-state index is 10.6. The molecule has 1 aliphatic carbocycles. The van der Waals surface area contributed by atoms with Crippen LogP contribution in [0.3, 0.4) is 0 Å². The van der Waals surface area contributed by atoms with Gasteiger partial charge in [-0.15, -0.1) is 0 Å². The van der Waals surface area contributed by atoms with Gasteiger partial charge in [0.1, 0.15) is 0 Å². The Morgan fingerprint density at radius 3 is 2.60 bits per heavy atom. The van der Waals surface area contributed by atoms with E-state index in [2.05, 4.69) is 33.6 Å². The average Bonchev–Trinajstić information content (AvgIpc) is 2.66. The van der Waals surface area contributed by atoms with E-state index in [4.69, 9.17) is 0 Å². The van der Waals surface area contributed by atoms with E-state index in [0.29, 0.717) is 0 Å². The zero-order valence-electron chi connectivity index (χ0n) is 9.00. The maximum absolute atomic E-state index is 10.6. The lowest BCUT2D eigenvalue weighted by atomic mass is 9.75. The number of hydrogen-bond acceptors (Lipinski definition) is 2. The largest absolute Gasteiger partial charge is 0.385 e. The minimum absolute atomic E-state index is 0.565. The molecule has 0 bridgehead atoms. The quantitative estimate of drug-likeness (QED) is 0.860. The van der Waals surface area contributed by atoms with E-state index >= 15 is 0 Å². The summed E-state index contributed by atoms with van der Waals surface area (Å²) in [5, 5.41) is 14.7. The van der Waals surface area contributed by atoms with Gasteiger partial charge in [-0.3, -0.25) is 0 Å². The van der Waals surface area contributed by atoms with Crippen LogP contribution in [0.1, 0.15) is 44.6 Å². The van der Waals surface area contributed by atoms with E-state index in [1.54, 1.807) is 11.3 Å². The molecule has 1 aromatic rings. The van der Waals surface area contributed by atoms with Gasteiger partial charge in [-0.25, -0.2) is 0 Å². The summed E-state index contributed by atoms with van der Waals surface area (Å²) in [6, 6.07) is 0. The summed E-state index contributed by atoms with van der Waals surface area (Å²) in [4.78, 5) is 0. The van der Waals surface area contributed by atoms with Crippen LogP contribution in [0.2, 0.25) is 0 Å². The Bertz CT molecular complexity index is 326. The Balaban J connectivity index is 2.13. The van der Waals surface area contributed by atoms with E-state index in [1.807, 2.05) is 0 Å². The van der Waals surface area contributed by atoms with Crippen LogP contribution < -0.4 is 0 Å². The van der Waals surface area contributed by atoms with Crippen molar-refractivity contribution in [1.29, 1.82) is 0 Å². The first-order valence-corrected chi connectivity index (χ1v) is 7.34. The lowest BCUT2D eigenvalue weighted by Crippen LogP contribution is -2.31. The normalized spacial score (nSPS) is 31.8. The molecule has 15 heavy (non-hydrogen) atoms. The third kappa shape index (κ3) is 2.29. The van der Waals surface area contributed by atoms with Crippen molar-refractivity contribution < 1.29 is 5.11 Å². The standard InChI is InChI=1S/C12H17BrOS/c1-2-9-3-5-12(14,6-4-9)10-7-15-8-11(10)13/h7-9,14H,2-6H2,1H3. The van der Waals surface area contributed by atoms with Gasteiger partial charge < -0.3 is 5.11 Å². The van der Waals surface area contributed by atoms with Gasteiger partial charge in [-0.05, 0) is 52.9 Å². The van der Waals surface area contributed by atoms with E-state index in [1.165, 1.54) is 6.42 Å². The van der Waals surface area contributed by atoms with E-state index in [0.717, 1.165) is 41.6 Å². The number of hydrogen-bond donors (Lipinski definition) is 1. The lowest BCUT2D eigenvalue weighted by molar-refractivity contribution is -0.0148. The number of halogens is 1. The summed E-state index contributed by atoms with van der Waals surface area (Å²) >= 11 is 5.18. The Morgan fingerprint density at radius 2 is 2.13 bits per heavy atom. The van der Waals surface area contributed by atoms with E-state index < -0.39 is 5.60 Å². The highest BCUT2D eigenvalue weighted by molar-refractivity contribution is 9.10. The molecule has 3 heteroatoms. The Morgan fingerprint density at radius 1 is 1.47 bits per heavy atom. The highest BCUT2D eigenvalue weighted by atomic mass is 79.9. The van der Waals surface area contributed by atoms with Crippen LogP contribution in [0.5, 0.6) is 0 Å². The van der Waals surface area contributed by atoms with Crippen molar-refractivity contribution >= 4 is 27.3 Å². The molecule has 0 unspecified atom stereocenters. The van der Waals surface area contributed by atoms with Crippen LogP contribution in [0.4, 0.5) is 0 Å². The molecule has 1 saturated carbocycles. The van der Waals surface area contributed by atoms with Gasteiger partial charge in [-0.2, -0.15) is 11.3 Å². The van der Waals surface area contributed by atoms with Crippen molar-refractivity contribution in [2.24, 2.45) is 5.92 Å². The van der Waals surface area contributed by atoms with Crippen molar-refractivity contribution in [2.45, 2.75) is 44.6 Å². The zero-order valence-corrected chi connectivity index (χ0v) is 11.4. The monoisotopic (exact) mass is 288 g/mol. The maximum Gasteiger partial charge on any atom is 0.0915 e. The molecular weight excluding hydrogens is 272 g/mol. The topological polar surface area (TPSA) is 20.2 Å². The molecular formula is C12H17BrOS. The predicted molar refractivity (Wildman–Crippen MR) is 68.2 cm³/mol. The second-order valence-corrected chi connectivity index (χ2v) is 6.11. The minimum Gasteiger partial charge on any atom is -0.385 e. The molecule has 1 aromatic heterocycles. The second-order valence-electron chi connectivity index (χ2n) is 4.52. The first-order valence-electron chi connectivity index (χ1n) is 5.60. The molecule has 0 atom stereocenters. The van der Waals surface area contributed by atoms with Gasteiger partial charge in [0.05, 0.1) is 5.60 Å².